The molecule has 150 valence electrons. The number of nitrogens with zero attached hydrogens (tertiary/aromatic N) is 4. The molecule has 0 radical (unpaired) electrons. The van der Waals surface area contributed by atoms with Crippen molar-refractivity contribution in [1.29, 1.82) is 0 Å². The zero-order valence-corrected chi connectivity index (χ0v) is 16.5. The number of carbonyl (C=O) groups is 1. The first-order valence-corrected chi connectivity index (χ1v) is 9.33. The Morgan fingerprint density at radius 2 is 1.93 bits per heavy atom. The molecular weight excluding hydrogens is 380 g/mol. The third-order valence-electron chi connectivity index (χ3n) is 4.62. The van der Waals surface area contributed by atoms with Crippen LogP contribution in [-0.4, -0.2) is 37.2 Å². The average molecular weight is 400 g/mol. The van der Waals surface area contributed by atoms with Gasteiger partial charge in [-0.3, -0.25) is 9.89 Å². The molecular formula is C22H20N6O2. The second-order valence-corrected chi connectivity index (χ2v) is 6.75. The molecule has 0 spiro atoms. The highest BCUT2D eigenvalue weighted by Gasteiger charge is 2.18. The number of hydrogen-bond donors (Lipinski definition) is 3. The molecule has 0 bridgehead atoms. The molecule has 0 atom stereocenters. The van der Waals surface area contributed by atoms with Gasteiger partial charge in [-0.05, 0) is 49.7 Å². The Bertz CT molecular complexity index is 1220. The maximum absolute atomic E-state index is 12.4. The molecule has 3 N–H and O–H groups in total. The van der Waals surface area contributed by atoms with Gasteiger partial charge in [0.1, 0.15) is 11.4 Å². The van der Waals surface area contributed by atoms with Crippen molar-refractivity contribution in [3.8, 4) is 22.7 Å². The van der Waals surface area contributed by atoms with Gasteiger partial charge in [0.25, 0.3) is 5.91 Å². The van der Waals surface area contributed by atoms with Crippen molar-refractivity contribution in [2.24, 2.45) is 5.10 Å². The van der Waals surface area contributed by atoms with Gasteiger partial charge in [0.15, 0.2) is 0 Å². The number of phenols is 1. The first-order valence-electron chi connectivity index (χ1n) is 9.33. The lowest BCUT2D eigenvalue weighted by molar-refractivity contribution is 0.0950. The molecule has 0 saturated carbocycles. The zero-order chi connectivity index (χ0) is 21.1. The molecule has 0 fully saturated rings. The van der Waals surface area contributed by atoms with Crippen molar-refractivity contribution < 1.29 is 9.90 Å². The third-order valence-corrected chi connectivity index (χ3v) is 4.62. The number of aromatic amines is 1. The van der Waals surface area contributed by atoms with Crippen LogP contribution in [0.2, 0.25) is 0 Å². The molecule has 2 aromatic carbocycles. The van der Waals surface area contributed by atoms with Crippen molar-refractivity contribution in [3.05, 3.63) is 83.3 Å². The quantitative estimate of drug-likeness (QED) is 0.353. The van der Waals surface area contributed by atoms with Crippen LogP contribution in [0.4, 0.5) is 0 Å². The second-order valence-electron chi connectivity index (χ2n) is 6.75. The number of benzene rings is 2. The van der Waals surface area contributed by atoms with Crippen LogP contribution in [-0.2, 0) is 0 Å². The van der Waals surface area contributed by atoms with Gasteiger partial charge in [-0.15, -0.1) is 0 Å². The number of aromatic nitrogens is 4. The highest BCUT2D eigenvalue weighted by molar-refractivity contribution is 5.94. The van der Waals surface area contributed by atoms with Gasteiger partial charge < -0.3 is 5.11 Å². The molecule has 0 unspecified atom stereocenters. The van der Waals surface area contributed by atoms with Crippen molar-refractivity contribution in [3.63, 3.8) is 0 Å². The Morgan fingerprint density at radius 3 is 2.70 bits per heavy atom. The normalized spacial score (nSPS) is 11.1. The summed E-state index contributed by atoms with van der Waals surface area (Å²) >= 11 is 0. The Labute approximate surface area is 172 Å². The van der Waals surface area contributed by atoms with Gasteiger partial charge in [0.2, 0.25) is 0 Å². The van der Waals surface area contributed by atoms with Crippen LogP contribution in [0, 0.1) is 13.8 Å². The summed E-state index contributed by atoms with van der Waals surface area (Å²) in [5.74, 6) is -0.291. The van der Waals surface area contributed by atoms with Crippen LogP contribution >= 0.6 is 0 Å². The number of carbonyl (C=O) groups excluding carboxylic acids is 1. The molecule has 2 aromatic heterocycles. The standard InChI is InChI=1S/C22H20N6O2/c1-14-21(15(2)28(27-14)17-8-4-3-5-9-17)19-12-20(25-24-19)22(30)26-23-13-16-7-6-10-18(29)11-16/h3-13,29H,1-2H3,(H,24,25)(H,26,30)/b23-13-. The first kappa shape index (κ1) is 19.1. The third kappa shape index (κ3) is 3.83. The van der Waals surface area contributed by atoms with Crippen LogP contribution in [0.3, 0.4) is 0 Å². The summed E-state index contributed by atoms with van der Waals surface area (Å²) in [6.07, 6.45) is 1.45. The molecule has 0 saturated heterocycles. The minimum atomic E-state index is -0.420. The van der Waals surface area contributed by atoms with Gasteiger partial charge in [-0.25, -0.2) is 10.1 Å². The number of aromatic hydroxyl groups is 1. The van der Waals surface area contributed by atoms with Crippen molar-refractivity contribution in [2.45, 2.75) is 13.8 Å². The van der Waals surface area contributed by atoms with E-state index in [0.29, 0.717) is 11.3 Å². The number of rotatable bonds is 5. The number of para-hydroxylation sites is 1. The molecule has 8 heteroatoms. The number of H-pyrrole nitrogens is 1. The fourth-order valence-electron chi connectivity index (χ4n) is 3.23. The minimum Gasteiger partial charge on any atom is -0.508 e. The summed E-state index contributed by atoms with van der Waals surface area (Å²) < 4.78 is 1.86. The molecule has 4 rings (SSSR count). The van der Waals surface area contributed by atoms with E-state index in [-0.39, 0.29) is 11.4 Å². The summed E-state index contributed by atoms with van der Waals surface area (Å²) in [5, 5.41) is 25.0. The number of hydrogen-bond acceptors (Lipinski definition) is 5. The highest BCUT2D eigenvalue weighted by Crippen LogP contribution is 2.27. The van der Waals surface area contributed by atoms with E-state index in [1.165, 1.54) is 6.21 Å². The Morgan fingerprint density at radius 1 is 1.13 bits per heavy atom. The van der Waals surface area contributed by atoms with E-state index in [0.717, 1.165) is 22.6 Å². The number of amides is 1. The van der Waals surface area contributed by atoms with E-state index in [1.54, 1.807) is 30.3 Å². The monoisotopic (exact) mass is 400 g/mol. The van der Waals surface area contributed by atoms with E-state index < -0.39 is 5.91 Å². The fraction of sp³-hybridized carbons (Fsp3) is 0.0909. The second kappa shape index (κ2) is 8.04. The molecule has 0 aliphatic rings. The van der Waals surface area contributed by atoms with E-state index in [9.17, 15) is 9.90 Å². The number of phenolic OH excluding ortho intramolecular Hbond substituents is 1. The zero-order valence-electron chi connectivity index (χ0n) is 16.5. The lowest BCUT2D eigenvalue weighted by Crippen LogP contribution is -2.17. The Hall–Kier alpha value is -4.20. The summed E-state index contributed by atoms with van der Waals surface area (Å²) in [4.78, 5) is 12.4. The fourth-order valence-corrected chi connectivity index (χ4v) is 3.23. The maximum Gasteiger partial charge on any atom is 0.289 e. The summed E-state index contributed by atoms with van der Waals surface area (Å²) in [6, 6.07) is 18.1. The lowest BCUT2D eigenvalue weighted by atomic mass is 10.1. The van der Waals surface area contributed by atoms with Crippen LogP contribution in [0.15, 0.2) is 65.8 Å². The summed E-state index contributed by atoms with van der Waals surface area (Å²) in [7, 11) is 0. The van der Waals surface area contributed by atoms with Crippen molar-refractivity contribution in [1.82, 2.24) is 25.4 Å². The van der Waals surface area contributed by atoms with Crippen molar-refractivity contribution in [2.75, 3.05) is 0 Å². The van der Waals surface area contributed by atoms with Gasteiger partial charge >= 0.3 is 0 Å². The molecule has 30 heavy (non-hydrogen) atoms. The van der Waals surface area contributed by atoms with E-state index >= 15 is 0 Å². The largest absolute Gasteiger partial charge is 0.508 e. The van der Waals surface area contributed by atoms with Gasteiger partial charge in [-0.2, -0.15) is 15.3 Å². The molecule has 0 aliphatic heterocycles. The summed E-state index contributed by atoms with van der Waals surface area (Å²) in [6.45, 7) is 3.88. The maximum atomic E-state index is 12.4. The van der Waals surface area contributed by atoms with Gasteiger partial charge in [-0.1, -0.05) is 30.3 Å². The van der Waals surface area contributed by atoms with E-state index in [4.69, 9.17) is 0 Å². The predicted molar refractivity (Wildman–Crippen MR) is 114 cm³/mol. The lowest BCUT2D eigenvalue weighted by Gasteiger charge is -2.04. The SMILES string of the molecule is Cc1nn(-c2ccccc2)c(C)c1-c1cc(C(=O)N/N=C\c2cccc(O)c2)[nH]n1. The molecule has 4 aromatic rings. The van der Waals surface area contributed by atoms with Crippen LogP contribution < -0.4 is 5.43 Å². The van der Waals surface area contributed by atoms with Crippen LogP contribution in [0.1, 0.15) is 27.4 Å². The molecule has 0 aliphatic carbocycles. The molecule has 8 nitrogen and oxygen atoms in total. The smallest absolute Gasteiger partial charge is 0.289 e. The van der Waals surface area contributed by atoms with Gasteiger partial charge in [0, 0.05) is 5.56 Å². The average Bonchev–Trinajstić information content (AvgIpc) is 3.33. The molecule has 1 amide bonds. The number of aryl methyl sites for hydroxylation is 1. The summed E-state index contributed by atoms with van der Waals surface area (Å²) in [5.41, 5.74) is 7.61. The Balaban J connectivity index is 1.53. The van der Waals surface area contributed by atoms with E-state index in [2.05, 4.69) is 25.8 Å². The van der Waals surface area contributed by atoms with Crippen molar-refractivity contribution >= 4 is 12.1 Å². The topological polar surface area (TPSA) is 108 Å². The highest BCUT2D eigenvalue weighted by atomic mass is 16.3. The molecule has 2 heterocycles. The van der Waals surface area contributed by atoms with Gasteiger partial charge in [0.05, 0.1) is 29.0 Å². The predicted octanol–water partition coefficient (Wildman–Crippen LogP) is 3.35. The number of hydrazone groups is 1. The first-order chi connectivity index (χ1) is 14.5. The van der Waals surface area contributed by atoms with Crippen LogP contribution in [0.5, 0.6) is 5.75 Å². The number of nitrogens with one attached hydrogen (secondary N) is 2. The van der Waals surface area contributed by atoms with E-state index in [1.807, 2.05) is 48.9 Å². The Kier molecular flexibility index (Phi) is 5.13. The minimum absolute atomic E-state index is 0.130. The van der Waals surface area contributed by atoms with Crippen LogP contribution in [0.25, 0.3) is 16.9 Å².